The molecule has 0 saturated carbocycles. The molecular formula is C14H19NO3. The zero-order valence-corrected chi connectivity index (χ0v) is 11.0. The molecule has 0 aromatic heterocycles. The summed E-state index contributed by atoms with van der Waals surface area (Å²) >= 11 is 0. The Morgan fingerprint density at radius 3 is 2.67 bits per heavy atom. The second-order valence-electron chi connectivity index (χ2n) is 4.42. The summed E-state index contributed by atoms with van der Waals surface area (Å²) in [5.41, 5.74) is 1.02. The maximum absolute atomic E-state index is 11.9. The number of hydrogen-bond donors (Lipinski definition) is 0. The Labute approximate surface area is 107 Å². The highest BCUT2D eigenvalue weighted by molar-refractivity contribution is 5.71. The van der Waals surface area contributed by atoms with Gasteiger partial charge in [-0.3, -0.25) is 4.90 Å². The van der Waals surface area contributed by atoms with Crippen LogP contribution in [0.2, 0.25) is 0 Å². The quantitative estimate of drug-likeness (QED) is 0.823. The van der Waals surface area contributed by atoms with Gasteiger partial charge in [0.2, 0.25) is 0 Å². The highest BCUT2D eigenvalue weighted by Gasteiger charge is 2.42. The monoisotopic (exact) mass is 249 g/mol. The molecule has 0 N–H and O–H groups in total. The molecule has 18 heavy (non-hydrogen) atoms. The van der Waals surface area contributed by atoms with Crippen LogP contribution in [0.15, 0.2) is 30.3 Å². The Kier molecular flexibility index (Phi) is 3.87. The van der Waals surface area contributed by atoms with Gasteiger partial charge in [-0.05, 0) is 26.3 Å². The van der Waals surface area contributed by atoms with E-state index in [4.69, 9.17) is 9.47 Å². The average molecular weight is 249 g/mol. The predicted molar refractivity (Wildman–Crippen MR) is 68.1 cm³/mol. The summed E-state index contributed by atoms with van der Waals surface area (Å²) in [6.07, 6.45) is -0.787. The number of nitrogens with zero attached hydrogens (tertiary/aromatic N) is 1. The van der Waals surface area contributed by atoms with Crippen LogP contribution in [0.1, 0.15) is 32.4 Å². The third-order valence-electron chi connectivity index (χ3n) is 3.24. The van der Waals surface area contributed by atoms with Gasteiger partial charge in [-0.2, -0.15) is 0 Å². The summed E-state index contributed by atoms with van der Waals surface area (Å²) in [5.74, 6) is 0. The number of hydrogen-bond acceptors (Lipinski definition) is 3. The summed E-state index contributed by atoms with van der Waals surface area (Å²) < 4.78 is 10.9. The van der Waals surface area contributed by atoms with Crippen molar-refractivity contribution in [3.05, 3.63) is 35.9 Å². The van der Waals surface area contributed by atoms with Crippen molar-refractivity contribution in [3.63, 3.8) is 0 Å². The minimum Gasteiger partial charge on any atom is -0.439 e. The third-order valence-corrected chi connectivity index (χ3v) is 3.24. The summed E-state index contributed by atoms with van der Waals surface area (Å²) in [7, 11) is 0. The third kappa shape index (κ3) is 2.34. The van der Waals surface area contributed by atoms with Gasteiger partial charge < -0.3 is 9.47 Å². The van der Waals surface area contributed by atoms with E-state index in [-0.39, 0.29) is 24.5 Å². The van der Waals surface area contributed by atoms with E-state index in [1.165, 1.54) is 0 Å². The molecule has 0 spiro atoms. The van der Waals surface area contributed by atoms with E-state index in [0.717, 1.165) is 5.56 Å². The molecule has 0 radical (unpaired) electrons. The van der Waals surface area contributed by atoms with Gasteiger partial charge in [0, 0.05) is 6.61 Å². The molecule has 1 unspecified atom stereocenters. The van der Waals surface area contributed by atoms with Crippen molar-refractivity contribution in [1.82, 2.24) is 4.90 Å². The average Bonchev–Trinajstić information content (AvgIpc) is 2.66. The molecule has 1 heterocycles. The van der Waals surface area contributed by atoms with Crippen molar-refractivity contribution in [2.24, 2.45) is 0 Å². The number of carbonyl (C=O) groups is 1. The first-order valence-electron chi connectivity index (χ1n) is 6.30. The fourth-order valence-electron chi connectivity index (χ4n) is 2.37. The van der Waals surface area contributed by atoms with E-state index < -0.39 is 0 Å². The highest BCUT2D eigenvalue weighted by Crippen LogP contribution is 2.33. The Balaban J connectivity index is 2.16. The molecule has 1 saturated heterocycles. The van der Waals surface area contributed by atoms with Crippen LogP contribution in [-0.2, 0) is 9.47 Å². The van der Waals surface area contributed by atoms with Crippen LogP contribution in [0.25, 0.3) is 0 Å². The van der Waals surface area contributed by atoms with Gasteiger partial charge in [0.15, 0.2) is 0 Å². The Morgan fingerprint density at radius 2 is 2.06 bits per heavy atom. The first kappa shape index (κ1) is 12.9. The minimum atomic E-state index is -0.308. The van der Waals surface area contributed by atoms with Crippen LogP contribution in [0.3, 0.4) is 0 Å². The fraction of sp³-hybridized carbons (Fsp3) is 0.500. The van der Waals surface area contributed by atoms with Gasteiger partial charge in [0.05, 0.1) is 6.04 Å². The molecule has 1 aliphatic rings. The van der Waals surface area contributed by atoms with Gasteiger partial charge in [-0.1, -0.05) is 30.3 Å². The van der Waals surface area contributed by atoms with Crippen LogP contribution >= 0.6 is 0 Å². The van der Waals surface area contributed by atoms with E-state index in [9.17, 15) is 4.79 Å². The van der Waals surface area contributed by atoms with Gasteiger partial charge in [-0.25, -0.2) is 4.79 Å². The molecule has 2 rings (SSSR count). The zero-order chi connectivity index (χ0) is 13.1. The first-order chi connectivity index (χ1) is 8.65. The smallest absolute Gasteiger partial charge is 0.412 e. The van der Waals surface area contributed by atoms with Crippen LogP contribution in [-0.4, -0.2) is 29.9 Å². The van der Waals surface area contributed by atoms with Crippen LogP contribution in [0, 0.1) is 0 Å². The normalized spacial score (nSPS) is 25.1. The van der Waals surface area contributed by atoms with Crippen LogP contribution in [0.5, 0.6) is 0 Å². The van der Waals surface area contributed by atoms with E-state index in [2.05, 4.69) is 0 Å². The van der Waals surface area contributed by atoms with E-state index in [0.29, 0.717) is 6.61 Å². The molecule has 98 valence electrons. The van der Waals surface area contributed by atoms with Crippen molar-refractivity contribution < 1.29 is 14.3 Å². The van der Waals surface area contributed by atoms with E-state index in [1.807, 2.05) is 51.1 Å². The van der Waals surface area contributed by atoms with Crippen molar-refractivity contribution in [2.45, 2.75) is 39.1 Å². The standard InChI is InChI=1S/C14H19NO3/c1-4-17-11(3)15-10(2)13(18-14(15)16)12-8-6-5-7-9-12/h5-11,13H,4H2,1-3H3/t10-,11?,13-/m0/s1. The first-order valence-corrected chi connectivity index (χ1v) is 6.30. The predicted octanol–water partition coefficient (Wildman–Crippen LogP) is 2.95. The second-order valence-corrected chi connectivity index (χ2v) is 4.42. The van der Waals surface area contributed by atoms with Gasteiger partial charge in [0.1, 0.15) is 12.3 Å². The Morgan fingerprint density at radius 1 is 1.39 bits per heavy atom. The summed E-state index contributed by atoms with van der Waals surface area (Å²) in [5, 5.41) is 0. The van der Waals surface area contributed by atoms with Gasteiger partial charge >= 0.3 is 6.09 Å². The molecule has 1 fully saturated rings. The lowest BCUT2D eigenvalue weighted by Gasteiger charge is -2.26. The molecule has 1 aromatic carbocycles. The molecule has 4 heteroatoms. The minimum absolute atomic E-state index is 0.0264. The molecule has 1 aliphatic heterocycles. The summed E-state index contributed by atoms with van der Waals surface area (Å²) in [6.45, 7) is 6.34. The number of amides is 1. The van der Waals surface area contributed by atoms with Gasteiger partial charge in [-0.15, -0.1) is 0 Å². The van der Waals surface area contributed by atoms with Gasteiger partial charge in [0.25, 0.3) is 0 Å². The number of benzene rings is 1. The summed E-state index contributed by atoms with van der Waals surface area (Å²) in [4.78, 5) is 13.6. The van der Waals surface area contributed by atoms with Crippen LogP contribution in [0.4, 0.5) is 4.79 Å². The summed E-state index contributed by atoms with van der Waals surface area (Å²) in [6, 6.07) is 9.77. The molecule has 1 aromatic rings. The molecule has 4 nitrogen and oxygen atoms in total. The second kappa shape index (κ2) is 5.40. The van der Waals surface area contributed by atoms with Crippen molar-refractivity contribution in [3.8, 4) is 0 Å². The lowest BCUT2D eigenvalue weighted by molar-refractivity contribution is -0.0267. The molecule has 0 aliphatic carbocycles. The maximum atomic E-state index is 11.9. The Hall–Kier alpha value is -1.55. The number of ether oxygens (including phenoxy) is 2. The number of carbonyl (C=O) groups excluding carboxylic acids is 1. The fourth-order valence-corrected chi connectivity index (χ4v) is 2.37. The molecule has 1 amide bonds. The van der Waals surface area contributed by atoms with Crippen molar-refractivity contribution >= 4 is 6.09 Å². The number of cyclic esters (lactones) is 1. The zero-order valence-electron chi connectivity index (χ0n) is 11.0. The van der Waals surface area contributed by atoms with E-state index in [1.54, 1.807) is 4.90 Å². The molecule has 0 bridgehead atoms. The van der Waals surface area contributed by atoms with E-state index >= 15 is 0 Å². The SMILES string of the molecule is CCOC(C)N1C(=O)O[C@H](c2ccccc2)[C@@H]1C. The lowest BCUT2D eigenvalue weighted by Crippen LogP contribution is -2.41. The highest BCUT2D eigenvalue weighted by atomic mass is 16.6. The van der Waals surface area contributed by atoms with Crippen LogP contribution < -0.4 is 0 Å². The lowest BCUT2D eigenvalue weighted by atomic mass is 10.0. The maximum Gasteiger partial charge on any atom is 0.412 e. The molecule has 3 atom stereocenters. The largest absolute Gasteiger partial charge is 0.439 e. The van der Waals surface area contributed by atoms with Crippen molar-refractivity contribution in [1.29, 1.82) is 0 Å². The molecular weight excluding hydrogens is 230 g/mol. The number of rotatable bonds is 4. The topological polar surface area (TPSA) is 38.8 Å². The van der Waals surface area contributed by atoms with Crippen molar-refractivity contribution in [2.75, 3.05) is 6.61 Å². The Bertz CT molecular complexity index is 407.